The second-order valence-electron chi connectivity index (χ2n) is 8.85. The van der Waals surface area contributed by atoms with Crippen LogP contribution in [0.5, 0.6) is 5.75 Å². The SMILES string of the molecule is C=C[C@H]1CN2CC[C@H]1C[C@H]2[C@H](OC(=O)Nc1ccccc1)c1ccnc2ccc(OC)cc12. The predicted molar refractivity (Wildman–Crippen MR) is 129 cm³/mol. The summed E-state index contributed by atoms with van der Waals surface area (Å²) in [6, 6.07) is 17.3. The maximum atomic E-state index is 13.0. The van der Waals surface area contributed by atoms with Gasteiger partial charge in [0, 0.05) is 29.4 Å². The first-order valence-corrected chi connectivity index (χ1v) is 11.5. The molecule has 4 heterocycles. The third kappa shape index (κ3) is 4.31. The minimum absolute atomic E-state index is 0.0956. The number of rotatable bonds is 6. The second kappa shape index (κ2) is 9.24. The van der Waals surface area contributed by atoms with E-state index in [1.54, 1.807) is 13.3 Å². The van der Waals surface area contributed by atoms with Crippen LogP contribution in [0.25, 0.3) is 10.9 Å². The standard InChI is InChI=1S/C27H29N3O3/c1-3-18-17-30-14-12-19(18)15-25(30)26(33-27(31)29-20-7-5-4-6-8-20)22-11-13-28-24-10-9-21(32-2)16-23(22)24/h3-11,13,16,18-19,25-26H,1,12,14-15,17H2,2H3,(H,29,31)/t18-,19-,25-,26+/m0/s1. The van der Waals surface area contributed by atoms with Crippen LogP contribution in [-0.4, -0.2) is 42.2 Å². The first kappa shape index (κ1) is 21.5. The van der Waals surface area contributed by atoms with E-state index in [9.17, 15) is 4.79 Å². The Bertz CT molecular complexity index is 1150. The van der Waals surface area contributed by atoms with Crippen LogP contribution in [0.15, 0.2) is 73.4 Å². The molecule has 170 valence electrons. The molecule has 1 aromatic heterocycles. The maximum absolute atomic E-state index is 13.0. The van der Waals surface area contributed by atoms with Crippen LogP contribution in [0.4, 0.5) is 10.5 Å². The molecule has 33 heavy (non-hydrogen) atoms. The normalized spacial score (nSPS) is 24.8. The number of methoxy groups -OCH3 is 1. The van der Waals surface area contributed by atoms with Crippen molar-refractivity contribution in [2.24, 2.45) is 11.8 Å². The zero-order valence-electron chi connectivity index (χ0n) is 18.8. The predicted octanol–water partition coefficient (Wildman–Crippen LogP) is 5.43. The van der Waals surface area contributed by atoms with E-state index in [0.717, 1.165) is 48.1 Å². The zero-order chi connectivity index (χ0) is 22.8. The number of nitrogens with one attached hydrogen (secondary N) is 1. The van der Waals surface area contributed by atoms with E-state index in [0.29, 0.717) is 17.5 Å². The Labute approximate surface area is 194 Å². The van der Waals surface area contributed by atoms with E-state index in [-0.39, 0.29) is 6.04 Å². The molecule has 1 amide bonds. The fraction of sp³-hybridized carbons (Fsp3) is 0.333. The van der Waals surface area contributed by atoms with Crippen molar-refractivity contribution < 1.29 is 14.3 Å². The third-order valence-corrected chi connectivity index (χ3v) is 7.05. The molecule has 6 rings (SSSR count). The molecule has 3 aliphatic heterocycles. The van der Waals surface area contributed by atoms with Gasteiger partial charge in [0.2, 0.25) is 0 Å². The van der Waals surface area contributed by atoms with Crippen molar-refractivity contribution >= 4 is 22.7 Å². The number of para-hydroxylation sites is 1. The van der Waals surface area contributed by atoms with Crippen LogP contribution in [0.2, 0.25) is 0 Å². The fourth-order valence-corrected chi connectivity index (χ4v) is 5.35. The van der Waals surface area contributed by atoms with Crippen molar-refractivity contribution in [3.05, 3.63) is 79.0 Å². The van der Waals surface area contributed by atoms with Gasteiger partial charge in [-0.2, -0.15) is 0 Å². The molecule has 6 heteroatoms. The lowest BCUT2D eigenvalue weighted by molar-refractivity contribution is -0.0473. The number of nitrogens with zero attached hydrogens (tertiary/aromatic N) is 2. The monoisotopic (exact) mass is 443 g/mol. The molecule has 0 saturated carbocycles. The number of fused-ring (bicyclic) bond motifs is 4. The van der Waals surface area contributed by atoms with E-state index >= 15 is 0 Å². The van der Waals surface area contributed by atoms with Crippen LogP contribution in [0.3, 0.4) is 0 Å². The van der Waals surface area contributed by atoms with Crippen molar-refractivity contribution in [1.29, 1.82) is 0 Å². The average Bonchev–Trinajstić information content (AvgIpc) is 2.87. The molecule has 0 aliphatic carbocycles. The fourth-order valence-electron chi connectivity index (χ4n) is 5.35. The Hall–Kier alpha value is -3.38. The quantitative estimate of drug-likeness (QED) is 0.515. The van der Waals surface area contributed by atoms with Crippen molar-refractivity contribution in [1.82, 2.24) is 9.88 Å². The highest BCUT2D eigenvalue weighted by molar-refractivity contribution is 5.86. The first-order chi connectivity index (χ1) is 16.2. The van der Waals surface area contributed by atoms with Gasteiger partial charge in [-0.05, 0) is 67.6 Å². The van der Waals surface area contributed by atoms with E-state index in [2.05, 4.69) is 27.9 Å². The van der Waals surface area contributed by atoms with Gasteiger partial charge in [0.25, 0.3) is 0 Å². The van der Waals surface area contributed by atoms with Crippen molar-refractivity contribution in [3.8, 4) is 5.75 Å². The molecule has 3 fully saturated rings. The molecule has 0 radical (unpaired) electrons. The Morgan fingerprint density at radius 1 is 1.24 bits per heavy atom. The number of anilines is 1. The maximum Gasteiger partial charge on any atom is 0.412 e. The largest absolute Gasteiger partial charge is 0.497 e. The smallest absolute Gasteiger partial charge is 0.412 e. The molecule has 2 aromatic carbocycles. The highest BCUT2D eigenvalue weighted by Crippen LogP contribution is 2.43. The van der Waals surface area contributed by atoms with E-state index in [1.165, 1.54) is 0 Å². The van der Waals surface area contributed by atoms with Crippen molar-refractivity contribution in [2.45, 2.75) is 25.0 Å². The van der Waals surface area contributed by atoms with Gasteiger partial charge in [-0.15, -0.1) is 6.58 Å². The molecule has 5 atom stereocenters. The second-order valence-corrected chi connectivity index (χ2v) is 8.85. The Morgan fingerprint density at radius 2 is 2.09 bits per heavy atom. The number of carbonyl (C=O) groups is 1. The van der Waals surface area contributed by atoms with Gasteiger partial charge < -0.3 is 9.47 Å². The number of hydrogen-bond donors (Lipinski definition) is 1. The van der Waals surface area contributed by atoms with Crippen LogP contribution in [0, 0.1) is 11.8 Å². The van der Waals surface area contributed by atoms with Gasteiger partial charge in [0.15, 0.2) is 0 Å². The summed E-state index contributed by atoms with van der Waals surface area (Å²) in [7, 11) is 1.65. The Balaban J connectivity index is 1.51. The van der Waals surface area contributed by atoms with Crippen LogP contribution >= 0.6 is 0 Å². The van der Waals surface area contributed by atoms with Gasteiger partial charge in [0.1, 0.15) is 11.9 Å². The third-order valence-electron chi connectivity index (χ3n) is 7.05. The molecule has 2 bridgehead atoms. The Kier molecular flexibility index (Phi) is 6.01. The van der Waals surface area contributed by atoms with Crippen molar-refractivity contribution in [3.63, 3.8) is 0 Å². The molecule has 0 spiro atoms. The zero-order valence-corrected chi connectivity index (χ0v) is 18.8. The molecule has 1 unspecified atom stereocenters. The number of hydrogen-bond acceptors (Lipinski definition) is 5. The molecular weight excluding hydrogens is 414 g/mol. The van der Waals surface area contributed by atoms with Crippen LogP contribution in [-0.2, 0) is 4.74 Å². The number of aromatic nitrogens is 1. The van der Waals surface area contributed by atoms with Crippen molar-refractivity contribution in [2.75, 3.05) is 25.5 Å². The van der Waals surface area contributed by atoms with E-state index < -0.39 is 12.2 Å². The Morgan fingerprint density at radius 3 is 2.82 bits per heavy atom. The topological polar surface area (TPSA) is 63.7 Å². The number of piperidine rings is 3. The lowest BCUT2D eigenvalue weighted by Crippen LogP contribution is -2.55. The van der Waals surface area contributed by atoms with Gasteiger partial charge in [-0.25, -0.2) is 4.79 Å². The molecule has 3 saturated heterocycles. The van der Waals surface area contributed by atoms with Crippen LogP contribution < -0.4 is 10.1 Å². The number of pyridine rings is 1. The molecule has 1 N–H and O–H groups in total. The first-order valence-electron chi connectivity index (χ1n) is 11.5. The average molecular weight is 444 g/mol. The molecular formula is C27H29N3O3. The minimum Gasteiger partial charge on any atom is -0.497 e. The summed E-state index contributed by atoms with van der Waals surface area (Å²) in [5.74, 6) is 1.80. The van der Waals surface area contributed by atoms with Gasteiger partial charge in [0.05, 0.1) is 18.7 Å². The van der Waals surface area contributed by atoms with E-state index in [4.69, 9.17) is 9.47 Å². The van der Waals surface area contributed by atoms with E-state index in [1.807, 2.05) is 54.6 Å². The highest BCUT2D eigenvalue weighted by Gasteiger charge is 2.44. The van der Waals surface area contributed by atoms with Gasteiger partial charge in [-0.3, -0.25) is 15.2 Å². The van der Waals surface area contributed by atoms with Gasteiger partial charge in [-0.1, -0.05) is 24.3 Å². The number of carbonyl (C=O) groups excluding carboxylic acids is 1. The van der Waals surface area contributed by atoms with Crippen LogP contribution in [0.1, 0.15) is 24.5 Å². The summed E-state index contributed by atoms with van der Waals surface area (Å²) in [5, 5.41) is 3.82. The summed E-state index contributed by atoms with van der Waals surface area (Å²) in [6.45, 7) is 6.00. The molecule has 3 aliphatic rings. The lowest BCUT2D eigenvalue weighted by Gasteiger charge is -2.51. The minimum atomic E-state index is -0.457. The highest BCUT2D eigenvalue weighted by atomic mass is 16.6. The lowest BCUT2D eigenvalue weighted by atomic mass is 9.73. The molecule has 3 aromatic rings. The summed E-state index contributed by atoms with van der Waals surface area (Å²) in [4.78, 5) is 20.0. The van der Waals surface area contributed by atoms with Gasteiger partial charge >= 0.3 is 6.09 Å². The summed E-state index contributed by atoms with van der Waals surface area (Å²) in [5.41, 5.74) is 2.51. The summed E-state index contributed by atoms with van der Waals surface area (Å²) in [6.07, 6.45) is 5.10. The number of benzene rings is 2. The summed E-state index contributed by atoms with van der Waals surface area (Å²) < 4.78 is 11.7. The summed E-state index contributed by atoms with van der Waals surface area (Å²) >= 11 is 0. The number of ether oxygens (including phenoxy) is 2. The number of amides is 1. The molecule has 6 nitrogen and oxygen atoms in total.